The number of hydrogen-bond donors (Lipinski definition) is 0. The molecule has 0 fully saturated rings. The lowest BCUT2D eigenvalue weighted by molar-refractivity contribution is 0.811. The molecule has 0 N–H and O–H groups in total. The van der Waals surface area contributed by atoms with Crippen molar-refractivity contribution in [3.63, 3.8) is 0 Å². The molecule has 1 rings (SSSR count). The van der Waals surface area contributed by atoms with Crippen molar-refractivity contribution in [3.8, 4) is 0 Å². The van der Waals surface area contributed by atoms with Crippen LogP contribution in [-0.4, -0.2) is 23.4 Å². The highest BCUT2D eigenvalue weighted by atomic mass is 15.2. The number of aliphatic imine (C=N–C) groups is 1. The van der Waals surface area contributed by atoms with Gasteiger partial charge in [0.2, 0.25) is 0 Å². The average Bonchev–Trinajstić information content (AvgIpc) is 2.26. The van der Waals surface area contributed by atoms with E-state index in [-0.39, 0.29) is 0 Å². The molecule has 0 aliphatic heterocycles. The topological polar surface area (TPSA) is 41.4 Å². The first-order chi connectivity index (χ1) is 7.19. The van der Waals surface area contributed by atoms with Gasteiger partial charge in [0.1, 0.15) is 0 Å². The van der Waals surface area contributed by atoms with Crippen LogP contribution in [0.25, 0.3) is 0 Å². The summed E-state index contributed by atoms with van der Waals surface area (Å²) in [5.41, 5.74) is 0.983. The lowest BCUT2D eigenvalue weighted by Crippen LogP contribution is -2.14. The zero-order chi connectivity index (χ0) is 11.3. The Morgan fingerprint density at radius 3 is 2.53 bits per heavy atom. The summed E-state index contributed by atoms with van der Waals surface area (Å²) in [6.45, 7) is 7.85. The summed E-state index contributed by atoms with van der Waals surface area (Å²) in [7, 11) is 1.70. The minimum atomic E-state index is 0.392. The van der Waals surface area contributed by atoms with E-state index in [2.05, 4.69) is 35.4 Å². The van der Waals surface area contributed by atoms with Crippen molar-refractivity contribution in [3.05, 3.63) is 30.9 Å². The van der Waals surface area contributed by atoms with Crippen molar-refractivity contribution >= 4 is 12.2 Å². The fraction of sp³-hybridized carbons (Fsp3) is 0.364. The summed E-state index contributed by atoms with van der Waals surface area (Å²) in [5, 5.41) is 0. The number of nitrogens with zero attached hydrogens (tertiary/aromatic N) is 4. The normalized spacial score (nSPS) is 10.9. The van der Waals surface area contributed by atoms with E-state index in [9.17, 15) is 0 Å². The Kier molecular flexibility index (Phi) is 3.97. The minimum Gasteiger partial charge on any atom is -0.292 e. The SMILES string of the molecule is C=CN(C=NC)c1cnc(C(C)C)cn1. The molecule has 0 radical (unpaired) electrons. The van der Waals surface area contributed by atoms with Crippen LogP contribution < -0.4 is 4.90 Å². The Labute approximate surface area is 90.4 Å². The monoisotopic (exact) mass is 204 g/mol. The predicted molar refractivity (Wildman–Crippen MR) is 63.2 cm³/mol. The van der Waals surface area contributed by atoms with Gasteiger partial charge in [-0.1, -0.05) is 20.4 Å². The van der Waals surface area contributed by atoms with Crippen molar-refractivity contribution in [2.45, 2.75) is 19.8 Å². The Morgan fingerprint density at radius 1 is 1.40 bits per heavy atom. The Balaban J connectivity index is 2.91. The zero-order valence-corrected chi connectivity index (χ0v) is 9.38. The van der Waals surface area contributed by atoms with Gasteiger partial charge in [0.05, 0.1) is 24.4 Å². The van der Waals surface area contributed by atoms with Gasteiger partial charge < -0.3 is 0 Å². The van der Waals surface area contributed by atoms with E-state index in [0.29, 0.717) is 5.92 Å². The highest BCUT2D eigenvalue weighted by Crippen LogP contribution is 2.13. The zero-order valence-electron chi connectivity index (χ0n) is 9.38. The number of hydrogen-bond acceptors (Lipinski definition) is 3. The Bertz CT molecular complexity index is 340. The van der Waals surface area contributed by atoms with Crippen LogP contribution in [0.15, 0.2) is 30.2 Å². The predicted octanol–water partition coefficient (Wildman–Crippen LogP) is 2.21. The van der Waals surface area contributed by atoms with Crippen LogP contribution in [0.3, 0.4) is 0 Å². The number of aromatic nitrogens is 2. The Morgan fingerprint density at radius 2 is 2.13 bits per heavy atom. The van der Waals surface area contributed by atoms with Gasteiger partial charge in [-0.05, 0) is 5.92 Å². The first-order valence-corrected chi connectivity index (χ1v) is 4.84. The van der Waals surface area contributed by atoms with Crippen LogP contribution in [0.2, 0.25) is 0 Å². The van der Waals surface area contributed by atoms with E-state index in [4.69, 9.17) is 0 Å². The average molecular weight is 204 g/mol. The number of rotatable bonds is 4. The molecular weight excluding hydrogens is 188 g/mol. The fourth-order valence-corrected chi connectivity index (χ4v) is 1.09. The van der Waals surface area contributed by atoms with Crippen LogP contribution in [0.5, 0.6) is 0 Å². The van der Waals surface area contributed by atoms with E-state index in [0.717, 1.165) is 11.5 Å². The first-order valence-electron chi connectivity index (χ1n) is 4.84. The second kappa shape index (κ2) is 5.24. The first kappa shape index (κ1) is 11.4. The summed E-state index contributed by atoms with van der Waals surface area (Å²) in [6, 6.07) is 0. The molecule has 0 aliphatic rings. The molecule has 4 nitrogen and oxygen atoms in total. The molecular formula is C11H16N4. The highest BCUT2D eigenvalue weighted by molar-refractivity contribution is 5.78. The van der Waals surface area contributed by atoms with Gasteiger partial charge in [0.25, 0.3) is 0 Å². The molecule has 0 unspecified atom stereocenters. The van der Waals surface area contributed by atoms with Crippen molar-refractivity contribution in [1.29, 1.82) is 0 Å². The molecule has 0 amide bonds. The van der Waals surface area contributed by atoms with Gasteiger partial charge in [-0.2, -0.15) is 0 Å². The lowest BCUT2D eigenvalue weighted by atomic mass is 10.1. The molecule has 1 heterocycles. The smallest absolute Gasteiger partial charge is 0.156 e. The van der Waals surface area contributed by atoms with E-state index < -0.39 is 0 Å². The van der Waals surface area contributed by atoms with E-state index in [1.165, 1.54) is 0 Å². The fourth-order valence-electron chi connectivity index (χ4n) is 1.09. The third-order valence-corrected chi connectivity index (χ3v) is 1.95. The van der Waals surface area contributed by atoms with Crippen LogP contribution in [0.4, 0.5) is 5.82 Å². The molecule has 0 aliphatic carbocycles. The van der Waals surface area contributed by atoms with E-state index in [1.807, 2.05) is 0 Å². The summed E-state index contributed by atoms with van der Waals surface area (Å²) in [5.74, 6) is 1.11. The third-order valence-electron chi connectivity index (χ3n) is 1.95. The quantitative estimate of drug-likeness (QED) is 0.557. The molecule has 15 heavy (non-hydrogen) atoms. The molecule has 1 aromatic rings. The van der Waals surface area contributed by atoms with Crippen LogP contribution >= 0.6 is 0 Å². The summed E-state index contributed by atoms with van der Waals surface area (Å²) in [4.78, 5) is 14.2. The Hall–Kier alpha value is -1.71. The molecule has 80 valence electrons. The molecule has 1 aromatic heterocycles. The number of anilines is 1. The second-order valence-electron chi connectivity index (χ2n) is 3.42. The molecule has 0 aromatic carbocycles. The summed E-state index contributed by atoms with van der Waals surface area (Å²) in [6.07, 6.45) is 6.79. The van der Waals surface area contributed by atoms with E-state index >= 15 is 0 Å². The second-order valence-corrected chi connectivity index (χ2v) is 3.42. The van der Waals surface area contributed by atoms with E-state index in [1.54, 1.807) is 36.9 Å². The molecule has 0 bridgehead atoms. The molecule has 0 saturated carbocycles. The molecule has 0 spiro atoms. The van der Waals surface area contributed by atoms with Gasteiger partial charge in [0, 0.05) is 13.2 Å². The summed E-state index contributed by atoms with van der Waals surface area (Å²) < 4.78 is 0. The van der Waals surface area contributed by atoms with Crippen molar-refractivity contribution in [2.24, 2.45) is 4.99 Å². The maximum absolute atomic E-state index is 4.32. The van der Waals surface area contributed by atoms with Crippen molar-refractivity contribution in [2.75, 3.05) is 11.9 Å². The van der Waals surface area contributed by atoms with Crippen LogP contribution in [-0.2, 0) is 0 Å². The van der Waals surface area contributed by atoms with Crippen molar-refractivity contribution in [1.82, 2.24) is 9.97 Å². The van der Waals surface area contributed by atoms with Crippen molar-refractivity contribution < 1.29 is 0 Å². The van der Waals surface area contributed by atoms with Gasteiger partial charge in [-0.3, -0.25) is 14.9 Å². The summed E-state index contributed by atoms with van der Waals surface area (Å²) >= 11 is 0. The maximum Gasteiger partial charge on any atom is 0.156 e. The molecule has 0 saturated heterocycles. The molecule has 0 atom stereocenters. The highest BCUT2D eigenvalue weighted by Gasteiger charge is 2.04. The van der Waals surface area contributed by atoms with Gasteiger partial charge in [-0.25, -0.2) is 4.98 Å². The lowest BCUT2D eigenvalue weighted by Gasteiger charge is -2.12. The van der Waals surface area contributed by atoms with Crippen LogP contribution in [0, 0.1) is 0 Å². The standard InChI is InChI=1S/C11H16N4/c1-5-15(8-12-4)11-7-13-10(6-14-11)9(2)3/h5-9H,1H2,2-4H3. The van der Waals surface area contributed by atoms with Gasteiger partial charge >= 0.3 is 0 Å². The van der Waals surface area contributed by atoms with Crippen LogP contribution in [0.1, 0.15) is 25.5 Å². The third kappa shape index (κ3) is 2.87. The van der Waals surface area contributed by atoms with Gasteiger partial charge in [0.15, 0.2) is 5.82 Å². The maximum atomic E-state index is 4.32. The molecule has 4 heteroatoms. The van der Waals surface area contributed by atoms with Gasteiger partial charge in [-0.15, -0.1) is 0 Å². The largest absolute Gasteiger partial charge is 0.292 e. The minimum absolute atomic E-state index is 0.392.